The Hall–Kier alpha value is -3.27. The monoisotopic (exact) mass is 505 g/mol. The molecule has 11 heteroatoms. The van der Waals surface area contributed by atoms with E-state index >= 15 is 0 Å². The van der Waals surface area contributed by atoms with Crippen LogP contribution in [0.1, 0.15) is 53.9 Å². The number of rotatable bonds is 4. The number of nitrogens with zero attached hydrogens (tertiary/aromatic N) is 4. The highest BCUT2D eigenvalue weighted by atomic mass is 35.5. The Bertz CT molecular complexity index is 1210. The van der Waals surface area contributed by atoms with Crippen LogP contribution in [0.15, 0.2) is 48.8 Å². The summed E-state index contributed by atoms with van der Waals surface area (Å²) in [5.74, 6) is 0.840. The van der Waals surface area contributed by atoms with E-state index in [-0.39, 0.29) is 24.4 Å². The molecule has 1 fully saturated rings. The number of nitrogens with one attached hydrogen (secondary N) is 1. The van der Waals surface area contributed by atoms with Crippen molar-refractivity contribution in [1.29, 1.82) is 0 Å². The second-order valence-corrected chi connectivity index (χ2v) is 9.08. The Morgan fingerprint density at radius 2 is 1.97 bits per heavy atom. The molecule has 0 spiro atoms. The predicted molar refractivity (Wildman–Crippen MR) is 122 cm³/mol. The molecule has 2 aliphatic rings. The van der Waals surface area contributed by atoms with Crippen LogP contribution in [0.5, 0.6) is 5.75 Å². The van der Waals surface area contributed by atoms with Crippen LogP contribution in [-0.4, -0.2) is 38.8 Å². The lowest BCUT2D eigenvalue weighted by Crippen LogP contribution is -2.43. The Labute approximate surface area is 204 Å². The quantitative estimate of drug-likeness (QED) is 0.517. The summed E-state index contributed by atoms with van der Waals surface area (Å²) >= 11 is 5.98. The van der Waals surface area contributed by atoms with Gasteiger partial charge in [-0.1, -0.05) is 29.8 Å². The largest absolute Gasteiger partial charge is 0.493 e. The highest BCUT2D eigenvalue weighted by Gasteiger charge is 2.36. The normalized spacial score (nSPS) is 19.8. The van der Waals surface area contributed by atoms with E-state index in [9.17, 15) is 18.0 Å². The Morgan fingerprint density at radius 3 is 2.74 bits per heavy atom. The zero-order chi connectivity index (χ0) is 24.6. The van der Waals surface area contributed by atoms with Crippen LogP contribution >= 0.6 is 11.6 Å². The molecule has 2 amide bonds. The summed E-state index contributed by atoms with van der Waals surface area (Å²) in [6.07, 6.45) is -0.960. The molecule has 5 rings (SSSR count). The van der Waals surface area contributed by atoms with E-state index in [0.717, 1.165) is 30.5 Å². The molecule has 0 radical (unpaired) electrons. The Balaban J connectivity index is 1.32. The van der Waals surface area contributed by atoms with Gasteiger partial charge in [-0.3, -0.25) is 0 Å². The summed E-state index contributed by atoms with van der Waals surface area (Å²) in [5.41, 5.74) is 0.772. The van der Waals surface area contributed by atoms with Crippen molar-refractivity contribution in [2.24, 2.45) is 0 Å². The minimum Gasteiger partial charge on any atom is -0.493 e. The van der Waals surface area contributed by atoms with Crippen LogP contribution < -0.4 is 10.1 Å². The summed E-state index contributed by atoms with van der Waals surface area (Å²) in [5, 5.41) is 8.00. The van der Waals surface area contributed by atoms with Crippen LogP contribution in [0.2, 0.25) is 5.02 Å². The molecule has 184 valence electrons. The van der Waals surface area contributed by atoms with Crippen molar-refractivity contribution in [1.82, 2.24) is 25.0 Å². The maximum absolute atomic E-state index is 13.3. The van der Waals surface area contributed by atoms with Gasteiger partial charge >= 0.3 is 12.2 Å². The topological polar surface area (TPSA) is 72.3 Å². The van der Waals surface area contributed by atoms with Gasteiger partial charge in [0.25, 0.3) is 0 Å². The Kier molecular flexibility index (Phi) is 6.31. The fraction of sp³-hybridized carbons (Fsp3) is 0.375. The maximum Gasteiger partial charge on any atom is 0.416 e. The van der Waals surface area contributed by atoms with Crippen LogP contribution in [0.25, 0.3) is 0 Å². The molecule has 0 saturated carbocycles. The van der Waals surface area contributed by atoms with E-state index in [1.807, 2.05) is 24.3 Å². The summed E-state index contributed by atoms with van der Waals surface area (Å²) in [6, 6.07) is 9.87. The second-order valence-electron chi connectivity index (χ2n) is 8.64. The zero-order valence-corrected chi connectivity index (χ0v) is 19.4. The van der Waals surface area contributed by atoms with E-state index in [2.05, 4.69) is 15.4 Å². The number of urea groups is 1. The molecule has 2 aromatic carbocycles. The van der Waals surface area contributed by atoms with Gasteiger partial charge in [-0.15, -0.1) is 0 Å². The molecule has 0 aliphatic carbocycles. The first-order chi connectivity index (χ1) is 16.8. The third kappa shape index (κ3) is 4.93. The van der Waals surface area contributed by atoms with Crippen LogP contribution in [-0.2, 0) is 12.7 Å². The standard InChI is InChI=1S/C24H23ClF3N5O2/c25-17-6-3-15(4-7-17)13-33-22(29-14-30-33)20-2-1-10-32(20)23(34)31-19-9-11-35-21-12-16(24(26,27)28)5-8-18(19)21/h3-8,12,14,19-20H,1-2,9-11,13H2,(H,31,34). The number of carbonyl (C=O) groups excluding carboxylic acids is 1. The van der Waals surface area contributed by atoms with Gasteiger partial charge in [-0.2, -0.15) is 18.3 Å². The molecule has 2 unspecified atom stereocenters. The average Bonchev–Trinajstić information content (AvgIpc) is 3.49. The van der Waals surface area contributed by atoms with Crippen molar-refractivity contribution in [3.63, 3.8) is 0 Å². The molecule has 3 aromatic rings. The van der Waals surface area contributed by atoms with E-state index < -0.39 is 17.8 Å². The predicted octanol–water partition coefficient (Wildman–Crippen LogP) is 5.37. The number of likely N-dealkylation sites (tertiary alicyclic amines) is 1. The average molecular weight is 506 g/mol. The molecule has 7 nitrogen and oxygen atoms in total. The third-order valence-electron chi connectivity index (χ3n) is 6.38. The summed E-state index contributed by atoms with van der Waals surface area (Å²) in [6.45, 7) is 1.26. The maximum atomic E-state index is 13.3. The number of hydrogen-bond acceptors (Lipinski definition) is 4. The second kappa shape index (κ2) is 9.41. The molecule has 2 atom stereocenters. The number of fused-ring (bicyclic) bond motifs is 1. The number of amides is 2. The minimum absolute atomic E-state index is 0.150. The number of benzene rings is 2. The number of carbonyl (C=O) groups is 1. The molecule has 3 heterocycles. The first kappa shape index (κ1) is 23.5. The number of ether oxygens (including phenoxy) is 1. The van der Waals surface area contributed by atoms with E-state index in [4.69, 9.17) is 16.3 Å². The smallest absolute Gasteiger partial charge is 0.416 e. The van der Waals surface area contributed by atoms with Gasteiger partial charge in [0.05, 0.1) is 30.8 Å². The lowest BCUT2D eigenvalue weighted by Gasteiger charge is -2.31. The number of aromatic nitrogens is 3. The van der Waals surface area contributed by atoms with Gasteiger partial charge in [0.15, 0.2) is 0 Å². The zero-order valence-electron chi connectivity index (χ0n) is 18.6. The van der Waals surface area contributed by atoms with Gasteiger partial charge < -0.3 is 15.0 Å². The molecule has 1 aromatic heterocycles. The van der Waals surface area contributed by atoms with Gasteiger partial charge in [-0.25, -0.2) is 14.5 Å². The van der Waals surface area contributed by atoms with Crippen LogP contribution in [0, 0.1) is 0 Å². The SMILES string of the molecule is O=C(NC1CCOc2cc(C(F)(F)F)ccc21)N1CCCC1c1ncnn1Cc1ccc(Cl)cc1. The highest BCUT2D eigenvalue weighted by Crippen LogP contribution is 2.38. The molecule has 1 saturated heterocycles. The summed E-state index contributed by atoms with van der Waals surface area (Å²) in [7, 11) is 0. The number of alkyl halides is 3. The molecule has 1 N–H and O–H groups in total. The molecule has 2 aliphatic heterocycles. The van der Waals surface area contributed by atoms with Gasteiger partial charge in [-0.05, 0) is 42.7 Å². The minimum atomic E-state index is -4.46. The van der Waals surface area contributed by atoms with Crippen molar-refractivity contribution >= 4 is 17.6 Å². The molecular weight excluding hydrogens is 483 g/mol. The van der Waals surface area contributed by atoms with Gasteiger partial charge in [0.1, 0.15) is 17.9 Å². The lowest BCUT2D eigenvalue weighted by molar-refractivity contribution is -0.137. The van der Waals surface area contributed by atoms with Crippen molar-refractivity contribution in [3.8, 4) is 5.75 Å². The van der Waals surface area contributed by atoms with Gasteiger partial charge in [0.2, 0.25) is 0 Å². The number of hydrogen-bond donors (Lipinski definition) is 1. The number of halogens is 4. The molecular formula is C24H23ClF3N5O2. The fourth-order valence-electron chi connectivity index (χ4n) is 4.64. The van der Waals surface area contributed by atoms with Crippen molar-refractivity contribution in [3.05, 3.63) is 76.3 Å². The lowest BCUT2D eigenvalue weighted by atomic mass is 9.98. The van der Waals surface area contributed by atoms with Crippen LogP contribution in [0.3, 0.4) is 0 Å². The van der Waals surface area contributed by atoms with Gasteiger partial charge in [0, 0.05) is 23.6 Å². The molecule has 0 bridgehead atoms. The van der Waals surface area contributed by atoms with E-state index in [0.29, 0.717) is 35.9 Å². The molecule has 35 heavy (non-hydrogen) atoms. The van der Waals surface area contributed by atoms with E-state index in [1.165, 1.54) is 12.4 Å². The fourth-order valence-corrected chi connectivity index (χ4v) is 4.77. The summed E-state index contributed by atoms with van der Waals surface area (Å²) in [4.78, 5) is 19.4. The van der Waals surface area contributed by atoms with Crippen LogP contribution in [0.4, 0.5) is 18.0 Å². The van der Waals surface area contributed by atoms with Crippen molar-refractivity contribution in [2.75, 3.05) is 13.2 Å². The first-order valence-electron chi connectivity index (χ1n) is 11.3. The highest BCUT2D eigenvalue weighted by molar-refractivity contribution is 6.30. The Morgan fingerprint density at radius 1 is 1.17 bits per heavy atom. The third-order valence-corrected chi connectivity index (χ3v) is 6.63. The summed E-state index contributed by atoms with van der Waals surface area (Å²) < 4.78 is 46.5. The van der Waals surface area contributed by atoms with E-state index in [1.54, 1.807) is 9.58 Å². The first-order valence-corrected chi connectivity index (χ1v) is 11.7. The van der Waals surface area contributed by atoms with Crippen molar-refractivity contribution in [2.45, 2.75) is 44.1 Å². The van der Waals surface area contributed by atoms with Crippen molar-refractivity contribution < 1.29 is 22.7 Å².